The molecule has 0 bridgehead atoms. The van der Waals surface area contributed by atoms with Crippen LogP contribution in [0.25, 0.3) is 0 Å². The van der Waals surface area contributed by atoms with Gasteiger partial charge in [0.2, 0.25) is 0 Å². The normalized spacial score (nSPS) is 13.6. The lowest BCUT2D eigenvalue weighted by atomic mass is 10.0. The zero-order valence-electron chi connectivity index (χ0n) is 9.52. The van der Waals surface area contributed by atoms with E-state index in [1.165, 1.54) is 11.1 Å². The lowest BCUT2D eigenvalue weighted by Gasteiger charge is -2.06. The molecule has 0 radical (unpaired) electrons. The van der Waals surface area contributed by atoms with Crippen molar-refractivity contribution in [2.75, 3.05) is 6.67 Å². The van der Waals surface area contributed by atoms with Crippen molar-refractivity contribution in [2.45, 2.75) is 33.6 Å². The predicted molar refractivity (Wildman–Crippen MR) is 62.1 cm³/mol. The largest absolute Gasteiger partial charge is 0.251 e. The first-order valence-corrected chi connectivity index (χ1v) is 5.12. The molecule has 80 valence electrons. The molecule has 0 aromatic rings. The first-order valence-electron chi connectivity index (χ1n) is 5.12. The molecule has 0 saturated carbocycles. The standard InChI is InChI=1S/C13H21F/c1-5-13(8-6-11(2)3)9-7-12(4)10-14/h5-6,8,12H,1,7,9-10H2,2-4H3/b13-8+. The van der Waals surface area contributed by atoms with Crippen LogP contribution in [0, 0.1) is 5.92 Å². The van der Waals surface area contributed by atoms with Crippen molar-refractivity contribution in [3.05, 3.63) is 36.0 Å². The van der Waals surface area contributed by atoms with Crippen molar-refractivity contribution in [1.29, 1.82) is 0 Å². The molecule has 1 heteroatoms. The SMILES string of the molecule is C=C/C(=C\C=C(C)C)CCC(C)CF. The van der Waals surface area contributed by atoms with Crippen molar-refractivity contribution in [2.24, 2.45) is 5.92 Å². The van der Waals surface area contributed by atoms with E-state index in [9.17, 15) is 4.39 Å². The second-order valence-corrected chi connectivity index (χ2v) is 3.99. The molecule has 0 heterocycles. The molecule has 0 N–H and O–H groups in total. The minimum atomic E-state index is -0.229. The maximum Gasteiger partial charge on any atom is 0.0920 e. The highest BCUT2D eigenvalue weighted by Gasteiger charge is 2.01. The third-order valence-corrected chi connectivity index (χ3v) is 2.08. The van der Waals surface area contributed by atoms with Gasteiger partial charge in [-0.25, -0.2) is 0 Å². The van der Waals surface area contributed by atoms with Gasteiger partial charge in [-0.15, -0.1) is 0 Å². The molecule has 1 atom stereocenters. The Bertz CT molecular complexity index is 219. The van der Waals surface area contributed by atoms with Crippen molar-refractivity contribution in [1.82, 2.24) is 0 Å². The molecule has 0 spiro atoms. The Kier molecular flexibility index (Phi) is 7.09. The van der Waals surface area contributed by atoms with Gasteiger partial charge < -0.3 is 0 Å². The summed E-state index contributed by atoms with van der Waals surface area (Å²) in [6, 6.07) is 0. The second kappa shape index (κ2) is 7.54. The van der Waals surface area contributed by atoms with Crippen LogP contribution in [0.2, 0.25) is 0 Å². The lowest BCUT2D eigenvalue weighted by Crippen LogP contribution is -1.96. The van der Waals surface area contributed by atoms with E-state index in [1.807, 2.05) is 13.0 Å². The van der Waals surface area contributed by atoms with Gasteiger partial charge >= 0.3 is 0 Å². The number of allylic oxidation sites excluding steroid dienone is 5. The van der Waals surface area contributed by atoms with Crippen molar-refractivity contribution in [3.8, 4) is 0 Å². The van der Waals surface area contributed by atoms with Crippen LogP contribution in [-0.2, 0) is 0 Å². The zero-order chi connectivity index (χ0) is 11.0. The molecule has 1 unspecified atom stereocenters. The van der Waals surface area contributed by atoms with E-state index in [4.69, 9.17) is 0 Å². The molecule has 0 aliphatic heterocycles. The summed E-state index contributed by atoms with van der Waals surface area (Å²) in [4.78, 5) is 0. The third-order valence-electron chi connectivity index (χ3n) is 2.08. The third kappa shape index (κ3) is 6.64. The zero-order valence-corrected chi connectivity index (χ0v) is 9.52. The van der Waals surface area contributed by atoms with Gasteiger partial charge in [0.25, 0.3) is 0 Å². The Morgan fingerprint density at radius 3 is 2.43 bits per heavy atom. The smallest absolute Gasteiger partial charge is 0.0920 e. The van der Waals surface area contributed by atoms with E-state index in [2.05, 4.69) is 32.6 Å². The van der Waals surface area contributed by atoms with Crippen molar-refractivity contribution in [3.63, 3.8) is 0 Å². The number of halogens is 1. The number of rotatable bonds is 6. The van der Waals surface area contributed by atoms with Crippen molar-refractivity contribution < 1.29 is 4.39 Å². The van der Waals surface area contributed by atoms with Gasteiger partial charge in [-0.2, -0.15) is 0 Å². The van der Waals surface area contributed by atoms with E-state index in [0.29, 0.717) is 0 Å². The minimum absolute atomic E-state index is 0.157. The van der Waals surface area contributed by atoms with Crippen LogP contribution in [0.4, 0.5) is 4.39 Å². The lowest BCUT2D eigenvalue weighted by molar-refractivity contribution is 0.366. The molecule has 0 nitrogen and oxygen atoms in total. The number of hydrogen-bond acceptors (Lipinski definition) is 0. The molecule has 14 heavy (non-hydrogen) atoms. The summed E-state index contributed by atoms with van der Waals surface area (Å²) in [7, 11) is 0. The molecule has 0 rings (SSSR count). The molecule has 0 amide bonds. The summed E-state index contributed by atoms with van der Waals surface area (Å²) in [6.45, 7) is 9.57. The van der Waals surface area contributed by atoms with Crippen molar-refractivity contribution >= 4 is 0 Å². The van der Waals surface area contributed by atoms with E-state index < -0.39 is 0 Å². The summed E-state index contributed by atoms with van der Waals surface area (Å²) in [5.74, 6) is 0.157. The van der Waals surface area contributed by atoms with Gasteiger partial charge in [-0.3, -0.25) is 4.39 Å². The number of hydrogen-bond donors (Lipinski definition) is 0. The molecule has 0 fully saturated rings. The van der Waals surface area contributed by atoms with Crippen LogP contribution >= 0.6 is 0 Å². The van der Waals surface area contributed by atoms with E-state index in [-0.39, 0.29) is 12.6 Å². The molecular formula is C13H21F. The highest BCUT2D eigenvalue weighted by Crippen LogP contribution is 2.13. The fraction of sp³-hybridized carbons (Fsp3) is 0.538. The fourth-order valence-electron chi connectivity index (χ4n) is 1.02. The number of alkyl halides is 1. The van der Waals surface area contributed by atoms with Crippen LogP contribution < -0.4 is 0 Å². The summed E-state index contributed by atoms with van der Waals surface area (Å²) >= 11 is 0. The Morgan fingerprint density at radius 2 is 2.00 bits per heavy atom. The molecule has 0 saturated heterocycles. The van der Waals surface area contributed by atoms with Gasteiger partial charge in [0, 0.05) is 0 Å². The fourth-order valence-corrected chi connectivity index (χ4v) is 1.02. The van der Waals surface area contributed by atoms with Gasteiger partial charge in [-0.05, 0) is 38.2 Å². The molecule has 0 aliphatic rings. The first-order chi connectivity index (χ1) is 6.60. The second-order valence-electron chi connectivity index (χ2n) is 3.99. The van der Waals surface area contributed by atoms with Crippen LogP contribution in [0.1, 0.15) is 33.6 Å². The maximum atomic E-state index is 12.2. The van der Waals surface area contributed by atoms with E-state index >= 15 is 0 Å². The summed E-state index contributed by atoms with van der Waals surface area (Å²) in [5.41, 5.74) is 2.45. The molecule has 0 aliphatic carbocycles. The minimum Gasteiger partial charge on any atom is -0.251 e. The van der Waals surface area contributed by atoms with Crippen LogP contribution in [0.5, 0.6) is 0 Å². The Morgan fingerprint density at radius 1 is 1.36 bits per heavy atom. The average molecular weight is 196 g/mol. The quantitative estimate of drug-likeness (QED) is 0.550. The van der Waals surface area contributed by atoms with Crippen LogP contribution in [0.3, 0.4) is 0 Å². The molecular weight excluding hydrogens is 175 g/mol. The topological polar surface area (TPSA) is 0 Å². The molecule has 0 aromatic heterocycles. The van der Waals surface area contributed by atoms with E-state index in [0.717, 1.165) is 12.8 Å². The van der Waals surface area contributed by atoms with Gasteiger partial charge in [0.05, 0.1) is 6.67 Å². The predicted octanol–water partition coefficient (Wildman–Crippen LogP) is 4.45. The van der Waals surface area contributed by atoms with Gasteiger partial charge in [0.15, 0.2) is 0 Å². The highest BCUT2D eigenvalue weighted by atomic mass is 19.1. The van der Waals surface area contributed by atoms with E-state index in [1.54, 1.807) is 0 Å². The monoisotopic (exact) mass is 196 g/mol. The molecule has 0 aromatic carbocycles. The Balaban J connectivity index is 4.10. The average Bonchev–Trinajstić information content (AvgIpc) is 2.17. The first kappa shape index (κ1) is 13.2. The van der Waals surface area contributed by atoms with Crippen LogP contribution in [-0.4, -0.2) is 6.67 Å². The highest BCUT2D eigenvalue weighted by molar-refractivity contribution is 5.23. The summed E-state index contributed by atoms with van der Waals surface area (Å²) in [5, 5.41) is 0. The maximum absolute atomic E-state index is 12.2. The Labute approximate surface area is 87.2 Å². The van der Waals surface area contributed by atoms with Gasteiger partial charge in [0.1, 0.15) is 0 Å². The Hall–Kier alpha value is -0.850. The van der Waals surface area contributed by atoms with Gasteiger partial charge in [-0.1, -0.05) is 37.3 Å². The van der Waals surface area contributed by atoms with Crippen LogP contribution in [0.15, 0.2) is 36.0 Å². The summed E-state index contributed by atoms with van der Waals surface area (Å²) < 4.78 is 12.2. The summed E-state index contributed by atoms with van der Waals surface area (Å²) in [6.07, 6.45) is 7.79.